The van der Waals surface area contributed by atoms with Gasteiger partial charge < -0.3 is 25.2 Å². The van der Waals surface area contributed by atoms with Crippen molar-refractivity contribution >= 4 is 17.3 Å². The summed E-state index contributed by atoms with van der Waals surface area (Å²) < 4.78 is 11.0. The van der Waals surface area contributed by atoms with Gasteiger partial charge in [0.25, 0.3) is 0 Å². The molecule has 0 fully saturated rings. The highest BCUT2D eigenvalue weighted by atomic mass is 32.1. The molecule has 0 aliphatic carbocycles. The zero-order valence-electron chi connectivity index (χ0n) is 16.2. The summed E-state index contributed by atoms with van der Waals surface area (Å²) >= 11 is 1.57. The van der Waals surface area contributed by atoms with Gasteiger partial charge in [-0.15, -0.1) is 0 Å². The minimum atomic E-state index is -0.983. The SMILES string of the molecule is CCNC(=NCC(C)(O)c1ccsc1)NCCOCc1ccccc1OC. The van der Waals surface area contributed by atoms with Crippen LogP contribution < -0.4 is 15.4 Å². The fourth-order valence-corrected chi connectivity index (χ4v) is 3.27. The molecule has 0 aliphatic rings. The summed E-state index contributed by atoms with van der Waals surface area (Å²) in [6.45, 7) is 6.44. The summed E-state index contributed by atoms with van der Waals surface area (Å²) in [6, 6.07) is 9.74. The number of aliphatic hydroxyl groups is 1. The van der Waals surface area contributed by atoms with E-state index in [1.54, 1.807) is 25.4 Å². The average Bonchev–Trinajstić information content (AvgIpc) is 3.22. The molecule has 2 rings (SSSR count). The van der Waals surface area contributed by atoms with Crippen LogP contribution in [0.25, 0.3) is 0 Å². The first-order valence-electron chi connectivity index (χ1n) is 9.03. The second-order valence-electron chi connectivity index (χ2n) is 6.27. The lowest BCUT2D eigenvalue weighted by Crippen LogP contribution is -2.40. The maximum atomic E-state index is 10.6. The number of ether oxygens (including phenoxy) is 2. The van der Waals surface area contributed by atoms with Gasteiger partial charge in [0.15, 0.2) is 5.96 Å². The Hall–Kier alpha value is -2.09. The molecule has 0 saturated carbocycles. The van der Waals surface area contributed by atoms with E-state index < -0.39 is 5.60 Å². The number of para-hydroxylation sites is 1. The Morgan fingerprint density at radius 1 is 1.26 bits per heavy atom. The minimum absolute atomic E-state index is 0.279. The summed E-state index contributed by atoms with van der Waals surface area (Å²) in [6.07, 6.45) is 0. The van der Waals surface area contributed by atoms with Crippen LogP contribution in [0.5, 0.6) is 5.75 Å². The molecule has 1 aromatic heterocycles. The molecule has 1 atom stereocenters. The predicted octanol–water partition coefficient (Wildman–Crippen LogP) is 2.74. The van der Waals surface area contributed by atoms with Crippen LogP contribution in [0.1, 0.15) is 25.0 Å². The Bertz CT molecular complexity index is 702. The van der Waals surface area contributed by atoms with Crippen LogP contribution in [0.2, 0.25) is 0 Å². The summed E-state index contributed by atoms with van der Waals surface area (Å²) in [5, 5.41) is 20.9. The molecule has 148 valence electrons. The molecule has 1 heterocycles. The number of hydrogen-bond donors (Lipinski definition) is 3. The fraction of sp³-hybridized carbons (Fsp3) is 0.450. The number of hydrogen-bond acceptors (Lipinski definition) is 5. The molecule has 27 heavy (non-hydrogen) atoms. The van der Waals surface area contributed by atoms with Crippen molar-refractivity contribution < 1.29 is 14.6 Å². The van der Waals surface area contributed by atoms with Crippen molar-refractivity contribution in [2.45, 2.75) is 26.1 Å². The zero-order valence-corrected chi connectivity index (χ0v) is 17.0. The molecule has 1 unspecified atom stereocenters. The minimum Gasteiger partial charge on any atom is -0.496 e. The number of rotatable bonds is 10. The molecular formula is C20H29N3O3S. The summed E-state index contributed by atoms with van der Waals surface area (Å²) in [4.78, 5) is 4.50. The fourth-order valence-electron chi connectivity index (χ4n) is 2.48. The summed E-state index contributed by atoms with van der Waals surface area (Å²) in [7, 11) is 1.66. The lowest BCUT2D eigenvalue weighted by Gasteiger charge is -2.21. The first-order valence-corrected chi connectivity index (χ1v) is 9.98. The Balaban J connectivity index is 1.78. The van der Waals surface area contributed by atoms with E-state index in [0.29, 0.717) is 25.7 Å². The highest BCUT2D eigenvalue weighted by Crippen LogP contribution is 2.23. The third-order valence-electron chi connectivity index (χ3n) is 4.02. The monoisotopic (exact) mass is 391 g/mol. The third kappa shape index (κ3) is 6.86. The largest absolute Gasteiger partial charge is 0.496 e. The Kier molecular flexibility index (Phi) is 8.57. The number of guanidine groups is 1. The first-order chi connectivity index (χ1) is 13.1. The van der Waals surface area contributed by atoms with Gasteiger partial charge in [-0.2, -0.15) is 11.3 Å². The molecule has 0 radical (unpaired) electrons. The van der Waals surface area contributed by atoms with Crippen molar-refractivity contribution in [2.24, 2.45) is 4.99 Å². The zero-order chi connectivity index (χ0) is 19.5. The van der Waals surface area contributed by atoms with Crippen LogP contribution in [-0.2, 0) is 16.9 Å². The maximum absolute atomic E-state index is 10.6. The predicted molar refractivity (Wildman–Crippen MR) is 111 cm³/mol. The van der Waals surface area contributed by atoms with Gasteiger partial charge in [-0.05, 0) is 42.3 Å². The van der Waals surface area contributed by atoms with Crippen molar-refractivity contribution in [3.8, 4) is 5.75 Å². The van der Waals surface area contributed by atoms with E-state index in [0.717, 1.165) is 23.4 Å². The highest BCUT2D eigenvalue weighted by molar-refractivity contribution is 7.08. The molecule has 0 bridgehead atoms. The molecule has 6 nitrogen and oxygen atoms in total. The standard InChI is InChI=1S/C20H29N3O3S/c1-4-21-19(23-15-20(2,24)17-9-12-27-14-17)22-10-11-26-13-16-7-5-6-8-18(16)25-3/h5-9,12,14,24H,4,10-11,13,15H2,1-3H3,(H2,21,22,23). The third-order valence-corrected chi connectivity index (χ3v) is 4.70. The van der Waals surface area contributed by atoms with Gasteiger partial charge in [0.1, 0.15) is 11.4 Å². The number of nitrogens with one attached hydrogen (secondary N) is 2. The van der Waals surface area contributed by atoms with E-state index in [4.69, 9.17) is 9.47 Å². The van der Waals surface area contributed by atoms with E-state index in [1.807, 2.05) is 48.0 Å². The highest BCUT2D eigenvalue weighted by Gasteiger charge is 2.23. The van der Waals surface area contributed by atoms with Crippen LogP contribution >= 0.6 is 11.3 Å². The Morgan fingerprint density at radius 2 is 2.07 bits per heavy atom. The number of thiophene rings is 1. The molecular weight excluding hydrogens is 362 g/mol. The van der Waals surface area contributed by atoms with Crippen molar-refractivity contribution in [3.63, 3.8) is 0 Å². The molecule has 3 N–H and O–H groups in total. The maximum Gasteiger partial charge on any atom is 0.191 e. The van der Waals surface area contributed by atoms with Gasteiger partial charge >= 0.3 is 0 Å². The van der Waals surface area contributed by atoms with E-state index in [1.165, 1.54) is 0 Å². The number of benzene rings is 1. The second kappa shape index (κ2) is 10.9. The van der Waals surface area contributed by atoms with E-state index in [-0.39, 0.29) is 6.54 Å². The molecule has 0 spiro atoms. The molecule has 2 aromatic rings. The number of aliphatic imine (C=N–C) groups is 1. The van der Waals surface area contributed by atoms with Crippen molar-refractivity contribution in [1.82, 2.24) is 10.6 Å². The second-order valence-corrected chi connectivity index (χ2v) is 7.05. The van der Waals surface area contributed by atoms with E-state index in [9.17, 15) is 5.11 Å². The van der Waals surface area contributed by atoms with Crippen molar-refractivity contribution in [2.75, 3.05) is 33.4 Å². The lowest BCUT2D eigenvalue weighted by atomic mass is 10.00. The van der Waals surface area contributed by atoms with E-state index in [2.05, 4.69) is 15.6 Å². The smallest absolute Gasteiger partial charge is 0.191 e. The molecule has 0 amide bonds. The average molecular weight is 392 g/mol. The van der Waals surface area contributed by atoms with Crippen molar-refractivity contribution in [1.29, 1.82) is 0 Å². The van der Waals surface area contributed by atoms with Crippen LogP contribution in [0, 0.1) is 0 Å². The quantitative estimate of drug-likeness (QED) is 0.330. The number of methoxy groups -OCH3 is 1. The van der Waals surface area contributed by atoms with Crippen LogP contribution in [0.3, 0.4) is 0 Å². The molecule has 0 aliphatic heterocycles. The van der Waals surface area contributed by atoms with Crippen LogP contribution in [0.15, 0.2) is 46.1 Å². The van der Waals surface area contributed by atoms with Gasteiger partial charge in [-0.25, -0.2) is 4.99 Å². The topological polar surface area (TPSA) is 75.1 Å². The van der Waals surface area contributed by atoms with E-state index >= 15 is 0 Å². The summed E-state index contributed by atoms with van der Waals surface area (Å²) in [5.74, 6) is 1.49. The summed E-state index contributed by atoms with van der Waals surface area (Å²) in [5.41, 5.74) is 0.919. The first kappa shape index (κ1) is 21.2. The van der Waals surface area contributed by atoms with Crippen molar-refractivity contribution in [3.05, 3.63) is 52.2 Å². The van der Waals surface area contributed by atoms with Gasteiger partial charge in [-0.1, -0.05) is 18.2 Å². The van der Waals surface area contributed by atoms with Crippen LogP contribution in [-0.4, -0.2) is 44.4 Å². The lowest BCUT2D eigenvalue weighted by molar-refractivity contribution is 0.0677. The number of nitrogens with zero attached hydrogens (tertiary/aromatic N) is 1. The van der Waals surface area contributed by atoms with Gasteiger partial charge in [0.2, 0.25) is 0 Å². The normalized spacial score (nSPS) is 13.9. The van der Waals surface area contributed by atoms with Gasteiger partial charge in [0, 0.05) is 18.7 Å². The Morgan fingerprint density at radius 3 is 2.78 bits per heavy atom. The Labute approximate surface area is 165 Å². The van der Waals surface area contributed by atoms with Gasteiger partial charge in [0.05, 0.1) is 26.9 Å². The molecule has 1 aromatic carbocycles. The molecule has 7 heteroatoms. The molecule has 0 saturated heterocycles. The van der Waals surface area contributed by atoms with Gasteiger partial charge in [-0.3, -0.25) is 0 Å². The van der Waals surface area contributed by atoms with Crippen LogP contribution in [0.4, 0.5) is 0 Å².